The first kappa shape index (κ1) is 20.3. The van der Waals surface area contributed by atoms with Gasteiger partial charge in [0.05, 0.1) is 26.4 Å². The minimum absolute atomic E-state index is 0.150. The van der Waals surface area contributed by atoms with Crippen molar-refractivity contribution in [2.45, 2.75) is 32.6 Å². The standard InChI is InChI=1S/C18H29NO5/c1-2-3-4-5-18(20)24-15-13-22-11-10-21-12-14-23-17-8-6-16(19)7-9-17/h6-9H,2-5,10-15,19H2,1H3. The second-order valence-corrected chi connectivity index (χ2v) is 5.32. The summed E-state index contributed by atoms with van der Waals surface area (Å²) in [7, 11) is 0. The fourth-order valence-corrected chi connectivity index (χ4v) is 1.91. The molecular formula is C18H29NO5. The molecule has 1 aromatic carbocycles. The van der Waals surface area contributed by atoms with E-state index < -0.39 is 0 Å². The van der Waals surface area contributed by atoms with Crippen molar-refractivity contribution in [3.63, 3.8) is 0 Å². The minimum Gasteiger partial charge on any atom is -0.491 e. The second kappa shape index (κ2) is 13.6. The number of esters is 1. The molecule has 24 heavy (non-hydrogen) atoms. The summed E-state index contributed by atoms with van der Waals surface area (Å²) in [5.41, 5.74) is 6.30. The molecule has 136 valence electrons. The maximum Gasteiger partial charge on any atom is 0.305 e. The third-order valence-electron chi connectivity index (χ3n) is 3.22. The lowest BCUT2D eigenvalue weighted by Crippen LogP contribution is -2.14. The van der Waals surface area contributed by atoms with Crippen LogP contribution < -0.4 is 10.5 Å². The highest BCUT2D eigenvalue weighted by Gasteiger charge is 2.01. The monoisotopic (exact) mass is 339 g/mol. The molecule has 6 nitrogen and oxygen atoms in total. The van der Waals surface area contributed by atoms with Gasteiger partial charge in [-0.3, -0.25) is 4.79 Å². The zero-order valence-corrected chi connectivity index (χ0v) is 14.5. The maximum absolute atomic E-state index is 11.3. The van der Waals surface area contributed by atoms with Crippen molar-refractivity contribution < 1.29 is 23.7 Å². The van der Waals surface area contributed by atoms with Crippen molar-refractivity contribution in [2.75, 3.05) is 45.4 Å². The molecule has 1 rings (SSSR count). The Morgan fingerprint density at radius 3 is 2.21 bits per heavy atom. The Bertz CT molecular complexity index is 436. The number of carbonyl (C=O) groups is 1. The molecule has 0 amide bonds. The van der Waals surface area contributed by atoms with Gasteiger partial charge in [0.25, 0.3) is 0 Å². The van der Waals surface area contributed by atoms with E-state index in [1.54, 1.807) is 12.1 Å². The number of unbranched alkanes of at least 4 members (excludes halogenated alkanes) is 2. The Hall–Kier alpha value is -1.79. The number of rotatable bonds is 14. The number of anilines is 1. The quantitative estimate of drug-likeness (QED) is 0.319. The first-order chi connectivity index (χ1) is 11.7. The fraction of sp³-hybridized carbons (Fsp3) is 0.611. The number of nitrogens with two attached hydrogens (primary N) is 1. The molecule has 0 saturated carbocycles. The lowest BCUT2D eigenvalue weighted by atomic mass is 10.2. The predicted octanol–water partition coefficient (Wildman–Crippen LogP) is 2.80. The SMILES string of the molecule is CCCCCC(=O)OCCOCCOCCOc1ccc(N)cc1. The Morgan fingerprint density at radius 2 is 1.54 bits per heavy atom. The first-order valence-corrected chi connectivity index (χ1v) is 8.52. The van der Waals surface area contributed by atoms with Gasteiger partial charge in [-0.15, -0.1) is 0 Å². The molecule has 2 N–H and O–H groups in total. The van der Waals surface area contributed by atoms with Gasteiger partial charge in [-0.1, -0.05) is 19.8 Å². The van der Waals surface area contributed by atoms with Crippen LogP contribution in [0.1, 0.15) is 32.6 Å². The Kier molecular flexibility index (Phi) is 11.5. The first-order valence-electron chi connectivity index (χ1n) is 8.52. The van der Waals surface area contributed by atoms with Gasteiger partial charge >= 0.3 is 5.97 Å². The molecule has 0 aromatic heterocycles. The summed E-state index contributed by atoms with van der Waals surface area (Å²) in [6, 6.07) is 7.23. The van der Waals surface area contributed by atoms with Crippen molar-refractivity contribution in [3.05, 3.63) is 24.3 Å². The number of nitrogen functional groups attached to an aromatic ring is 1. The fourth-order valence-electron chi connectivity index (χ4n) is 1.91. The van der Waals surface area contributed by atoms with Crippen LogP contribution in [0.2, 0.25) is 0 Å². The van der Waals surface area contributed by atoms with Gasteiger partial charge in [-0.25, -0.2) is 0 Å². The predicted molar refractivity (Wildman–Crippen MR) is 93.1 cm³/mol. The van der Waals surface area contributed by atoms with Crippen LogP contribution in [0.25, 0.3) is 0 Å². The van der Waals surface area contributed by atoms with Gasteiger partial charge in [-0.2, -0.15) is 0 Å². The Morgan fingerprint density at radius 1 is 0.917 bits per heavy atom. The van der Waals surface area contributed by atoms with Crippen LogP contribution in [0.15, 0.2) is 24.3 Å². The highest BCUT2D eigenvalue weighted by Crippen LogP contribution is 2.12. The topological polar surface area (TPSA) is 80.0 Å². The minimum atomic E-state index is -0.150. The van der Waals surface area contributed by atoms with Crippen LogP contribution in [0.5, 0.6) is 5.75 Å². The highest BCUT2D eigenvalue weighted by atomic mass is 16.6. The van der Waals surface area contributed by atoms with E-state index in [0.717, 1.165) is 25.0 Å². The molecule has 0 aliphatic heterocycles. The van der Waals surface area contributed by atoms with Gasteiger partial charge in [0, 0.05) is 12.1 Å². The normalized spacial score (nSPS) is 10.5. The van der Waals surface area contributed by atoms with Crippen molar-refractivity contribution in [1.82, 2.24) is 0 Å². The number of carbonyl (C=O) groups excluding carboxylic acids is 1. The van der Waals surface area contributed by atoms with Crippen LogP contribution in [0.3, 0.4) is 0 Å². The van der Waals surface area contributed by atoms with Crippen molar-refractivity contribution >= 4 is 11.7 Å². The van der Waals surface area contributed by atoms with Crippen molar-refractivity contribution in [3.8, 4) is 5.75 Å². The molecule has 0 heterocycles. The summed E-state index contributed by atoms with van der Waals surface area (Å²) < 4.78 is 21.3. The summed E-state index contributed by atoms with van der Waals surface area (Å²) >= 11 is 0. The lowest BCUT2D eigenvalue weighted by molar-refractivity contribution is -0.145. The molecule has 0 aliphatic rings. The molecule has 0 unspecified atom stereocenters. The summed E-state index contributed by atoms with van der Waals surface area (Å²) in [5, 5.41) is 0. The van der Waals surface area contributed by atoms with E-state index in [9.17, 15) is 4.79 Å². The van der Waals surface area contributed by atoms with E-state index in [0.29, 0.717) is 51.7 Å². The number of hydrogen-bond acceptors (Lipinski definition) is 6. The summed E-state index contributed by atoms with van der Waals surface area (Å²) in [6.45, 7) is 4.70. The third-order valence-corrected chi connectivity index (χ3v) is 3.22. The van der Waals surface area contributed by atoms with Crippen LogP contribution in [-0.2, 0) is 19.0 Å². The molecule has 0 fully saturated rings. The molecule has 0 aliphatic carbocycles. The van der Waals surface area contributed by atoms with E-state index in [1.165, 1.54) is 0 Å². The maximum atomic E-state index is 11.3. The molecule has 0 spiro atoms. The summed E-state index contributed by atoms with van der Waals surface area (Å²) in [6.07, 6.45) is 3.54. The van der Waals surface area contributed by atoms with Crippen LogP contribution in [0.4, 0.5) is 5.69 Å². The Balaban J connectivity index is 1.83. The van der Waals surface area contributed by atoms with Crippen molar-refractivity contribution in [1.29, 1.82) is 0 Å². The summed E-state index contributed by atoms with van der Waals surface area (Å²) in [5.74, 6) is 0.618. The molecule has 0 saturated heterocycles. The molecule has 0 atom stereocenters. The average Bonchev–Trinajstić information content (AvgIpc) is 2.58. The van der Waals surface area contributed by atoms with Gasteiger partial charge in [-0.05, 0) is 30.7 Å². The lowest BCUT2D eigenvalue weighted by Gasteiger charge is -2.08. The van der Waals surface area contributed by atoms with E-state index in [2.05, 4.69) is 6.92 Å². The smallest absolute Gasteiger partial charge is 0.305 e. The van der Waals surface area contributed by atoms with Gasteiger partial charge in [0.1, 0.15) is 19.0 Å². The molecule has 6 heteroatoms. The van der Waals surface area contributed by atoms with Crippen molar-refractivity contribution in [2.24, 2.45) is 0 Å². The van der Waals surface area contributed by atoms with Crippen LogP contribution in [0, 0.1) is 0 Å². The second-order valence-electron chi connectivity index (χ2n) is 5.32. The van der Waals surface area contributed by atoms with E-state index in [4.69, 9.17) is 24.7 Å². The number of hydrogen-bond donors (Lipinski definition) is 1. The molecular weight excluding hydrogens is 310 g/mol. The third kappa shape index (κ3) is 10.9. The van der Waals surface area contributed by atoms with Gasteiger partial charge in [0.15, 0.2) is 0 Å². The number of benzene rings is 1. The van der Waals surface area contributed by atoms with Crippen LogP contribution in [-0.4, -0.2) is 45.6 Å². The Labute approximate surface area is 144 Å². The van der Waals surface area contributed by atoms with Gasteiger partial charge < -0.3 is 24.7 Å². The van der Waals surface area contributed by atoms with E-state index in [1.807, 2.05) is 12.1 Å². The average molecular weight is 339 g/mol. The number of ether oxygens (including phenoxy) is 4. The molecule has 0 radical (unpaired) electrons. The van der Waals surface area contributed by atoms with Gasteiger partial charge in [0.2, 0.25) is 0 Å². The highest BCUT2D eigenvalue weighted by molar-refractivity contribution is 5.69. The molecule has 1 aromatic rings. The van der Waals surface area contributed by atoms with E-state index in [-0.39, 0.29) is 5.97 Å². The largest absolute Gasteiger partial charge is 0.491 e. The zero-order chi connectivity index (χ0) is 17.5. The van der Waals surface area contributed by atoms with Crippen LogP contribution >= 0.6 is 0 Å². The molecule has 0 bridgehead atoms. The summed E-state index contributed by atoms with van der Waals surface area (Å²) in [4.78, 5) is 11.3. The zero-order valence-electron chi connectivity index (χ0n) is 14.5. The van der Waals surface area contributed by atoms with E-state index >= 15 is 0 Å².